The van der Waals surface area contributed by atoms with Crippen LogP contribution >= 0.6 is 0 Å². The van der Waals surface area contributed by atoms with E-state index in [0.717, 1.165) is 10.9 Å². The highest BCUT2D eigenvalue weighted by Crippen LogP contribution is 2.25. The van der Waals surface area contributed by atoms with Gasteiger partial charge in [-0.1, -0.05) is 12.1 Å². The van der Waals surface area contributed by atoms with Gasteiger partial charge in [0.15, 0.2) is 5.65 Å². The van der Waals surface area contributed by atoms with Crippen LogP contribution in [0, 0.1) is 17.6 Å². The minimum Gasteiger partial charge on any atom is -0.365 e. The molecular formula is C25H23F2N7O2. The monoisotopic (exact) mass is 491 g/mol. The summed E-state index contributed by atoms with van der Waals surface area (Å²) in [6, 6.07) is 11.8. The number of anilines is 2. The van der Waals surface area contributed by atoms with Crippen molar-refractivity contribution in [2.24, 2.45) is 5.92 Å². The quantitative estimate of drug-likeness (QED) is 0.393. The van der Waals surface area contributed by atoms with Gasteiger partial charge < -0.3 is 15.5 Å². The van der Waals surface area contributed by atoms with Crippen LogP contribution in [0.4, 0.5) is 20.3 Å². The Kier molecular flexibility index (Phi) is 6.52. The molecule has 2 aromatic heterocycles. The molecule has 9 nitrogen and oxygen atoms in total. The Morgan fingerprint density at radius 3 is 2.50 bits per heavy atom. The molecule has 3 heterocycles. The van der Waals surface area contributed by atoms with Gasteiger partial charge >= 0.3 is 0 Å². The van der Waals surface area contributed by atoms with Crippen molar-refractivity contribution in [3.05, 3.63) is 78.3 Å². The fourth-order valence-corrected chi connectivity index (χ4v) is 4.17. The average Bonchev–Trinajstić information content (AvgIpc) is 3.48. The largest absolute Gasteiger partial charge is 0.365 e. The van der Waals surface area contributed by atoms with E-state index in [1.165, 1.54) is 47.6 Å². The second-order valence-electron chi connectivity index (χ2n) is 8.48. The number of benzene rings is 2. The van der Waals surface area contributed by atoms with Crippen LogP contribution in [0.25, 0.3) is 11.0 Å². The first-order valence-corrected chi connectivity index (χ1v) is 11.5. The maximum absolute atomic E-state index is 13.2. The van der Waals surface area contributed by atoms with Gasteiger partial charge in [0.2, 0.25) is 11.8 Å². The van der Waals surface area contributed by atoms with Gasteiger partial charge in [0.05, 0.1) is 24.0 Å². The maximum Gasteiger partial charge on any atom is 0.227 e. The van der Waals surface area contributed by atoms with E-state index in [0.29, 0.717) is 36.8 Å². The Hall–Kier alpha value is -4.41. The molecule has 2 amide bonds. The first-order chi connectivity index (χ1) is 17.5. The summed E-state index contributed by atoms with van der Waals surface area (Å²) < 4.78 is 28.0. The SMILES string of the molecule is O=C(NCCn1ncc2c(NCc3ccc(F)cc3)ncnc21)C1CC(=O)N(c2ccc(F)cc2)C1. The van der Waals surface area contributed by atoms with E-state index in [4.69, 9.17) is 0 Å². The number of aromatic nitrogens is 4. The molecule has 1 aliphatic heterocycles. The smallest absolute Gasteiger partial charge is 0.227 e. The van der Waals surface area contributed by atoms with Crippen LogP contribution in [0.2, 0.25) is 0 Å². The fourth-order valence-electron chi connectivity index (χ4n) is 4.17. The predicted octanol–water partition coefficient (Wildman–Crippen LogP) is 2.89. The van der Waals surface area contributed by atoms with Crippen LogP contribution in [0.1, 0.15) is 12.0 Å². The number of amides is 2. The number of rotatable bonds is 8. The predicted molar refractivity (Wildman–Crippen MR) is 129 cm³/mol. The van der Waals surface area contributed by atoms with Crippen LogP contribution in [0.15, 0.2) is 61.1 Å². The Balaban J connectivity index is 1.16. The first-order valence-electron chi connectivity index (χ1n) is 11.5. The van der Waals surface area contributed by atoms with Crippen LogP contribution in [0.5, 0.6) is 0 Å². The molecule has 1 fully saturated rings. The number of halogens is 2. The van der Waals surface area contributed by atoms with Crippen molar-refractivity contribution < 1.29 is 18.4 Å². The maximum atomic E-state index is 13.2. The van der Waals surface area contributed by atoms with Crippen molar-refractivity contribution in [3.63, 3.8) is 0 Å². The van der Waals surface area contributed by atoms with Gasteiger partial charge in [0.1, 0.15) is 23.8 Å². The zero-order valence-electron chi connectivity index (χ0n) is 19.2. The molecule has 0 aliphatic carbocycles. The Bertz CT molecular complexity index is 1390. The molecule has 11 heteroatoms. The lowest BCUT2D eigenvalue weighted by molar-refractivity contribution is -0.126. The molecule has 0 bridgehead atoms. The number of nitrogens with zero attached hydrogens (tertiary/aromatic N) is 5. The number of hydrogen-bond donors (Lipinski definition) is 2. The van der Waals surface area contributed by atoms with Gasteiger partial charge in [-0.3, -0.25) is 9.59 Å². The summed E-state index contributed by atoms with van der Waals surface area (Å²) in [5.41, 5.74) is 2.09. The lowest BCUT2D eigenvalue weighted by Gasteiger charge is -2.16. The van der Waals surface area contributed by atoms with Gasteiger partial charge in [-0.2, -0.15) is 5.10 Å². The molecule has 5 rings (SSSR count). The van der Waals surface area contributed by atoms with Crippen LogP contribution < -0.4 is 15.5 Å². The number of carbonyl (C=O) groups excluding carboxylic acids is 2. The molecular weight excluding hydrogens is 468 g/mol. The summed E-state index contributed by atoms with van der Waals surface area (Å²) in [5, 5.41) is 11.2. The molecule has 1 aliphatic rings. The minimum atomic E-state index is -0.485. The number of hydrogen-bond acceptors (Lipinski definition) is 6. The highest BCUT2D eigenvalue weighted by Gasteiger charge is 2.35. The molecule has 0 saturated carbocycles. The van der Waals surface area contributed by atoms with Crippen molar-refractivity contribution in [2.75, 3.05) is 23.3 Å². The highest BCUT2D eigenvalue weighted by atomic mass is 19.1. The number of fused-ring (bicyclic) bond motifs is 1. The van der Waals surface area contributed by atoms with Gasteiger partial charge in [0.25, 0.3) is 0 Å². The lowest BCUT2D eigenvalue weighted by atomic mass is 10.1. The van der Waals surface area contributed by atoms with E-state index < -0.39 is 5.92 Å². The van der Waals surface area contributed by atoms with Crippen molar-refractivity contribution in [1.82, 2.24) is 25.1 Å². The molecule has 184 valence electrons. The average molecular weight is 492 g/mol. The van der Waals surface area contributed by atoms with E-state index in [9.17, 15) is 18.4 Å². The zero-order chi connectivity index (χ0) is 25.1. The Morgan fingerprint density at radius 1 is 1.03 bits per heavy atom. The molecule has 2 aromatic carbocycles. The second-order valence-corrected chi connectivity index (χ2v) is 8.48. The molecule has 1 unspecified atom stereocenters. The van der Waals surface area contributed by atoms with Crippen molar-refractivity contribution in [2.45, 2.75) is 19.5 Å². The second kappa shape index (κ2) is 10.1. The molecule has 0 radical (unpaired) electrons. The third-order valence-corrected chi connectivity index (χ3v) is 6.06. The molecule has 2 N–H and O–H groups in total. The molecule has 36 heavy (non-hydrogen) atoms. The van der Waals surface area contributed by atoms with E-state index in [1.807, 2.05) is 0 Å². The van der Waals surface area contributed by atoms with E-state index in [2.05, 4.69) is 25.7 Å². The van der Waals surface area contributed by atoms with Crippen LogP contribution in [0.3, 0.4) is 0 Å². The minimum absolute atomic E-state index is 0.101. The Labute approximate surface area is 205 Å². The van der Waals surface area contributed by atoms with Gasteiger partial charge in [-0.25, -0.2) is 23.4 Å². The third kappa shape index (κ3) is 4.99. The van der Waals surface area contributed by atoms with E-state index in [-0.39, 0.29) is 36.4 Å². The van der Waals surface area contributed by atoms with Crippen molar-refractivity contribution >= 4 is 34.4 Å². The van der Waals surface area contributed by atoms with E-state index in [1.54, 1.807) is 23.0 Å². The van der Waals surface area contributed by atoms with Gasteiger partial charge in [-0.15, -0.1) is 0 Å². The summed E-state index contributed by atoms with van der Waals surface area (Å²) in [4.78, 5) is 35.1. The summed E-state index contributed by atoms with van der Waals surface area (Å²) >= 11 is 0. The summed E-state index contributed by atoms with van der Waals surface area (Å²) in [6.07, 6.45) is 3.19. The van der Waals surface area contributed by atoms with Crippen molar-refractivity contribution in [1.29, 1.82) is 0 Å². The summed E-state index contributed by atoms with van der Waals surface area (Å²) in [5.74, 6) is -0.947. The topological polar surface area (TPSA) is 105 Å². The van der Waals surface area contributed by atoms with Crippen LogP contribution in [-0.4, -0.2) is 44.7 Å². The normalized spacial score (nSPS) is 15.4. The zero-order valence-corrected chi connectivity index (χ0v) is 19.2. The third-order valence-electron chi connectivity index (χ3n) is 6.06. The fraction of sp³-hybridized carbons (Fsp3) is 0.240. The van der Waals surface area contributed by atoms with Crippen LogP contribution in [-0.2, 0) is 22.7 Å². The van der Waals surface area contributed by atoms with Crippen molar-refractivity contribution in [3.8, 4) is 0 Å². The molecule has 0 spiro atoms. The summed E-state index contributed by atoms with van der Waals surface area (Å²) in [7, 11) is 0. The van der Waals surface area contributed by atoms with Gasteiger partial charge in [0, 0.05) is 31.7 Å². The number of carbonyl (C=O) groups is 2. The molecule has 1 atom stereocenters. The highest BCUT2D eigenvalue weighted by molar-refractivity contribution is 6.00. The lowest BCUT2D eigenvalue weighted by Crippen LogP contribution is -2.35. The summed E-state index contributed by atoms with van der Waals surface area (Å²) in [6.45, 7) is 1.39. The molecule has 4 aromatic rings. The first kappa shape index (κ1) is 23.3. The van der Waals surface area contributed by atoms with Gasteiger partial charge in [-0.05, 0) is 42.0 Å². The number of nitrogens with one attached hydrogen (secondary N) is 2. The Morgan fingerprint density at radius 2 is 1.75 bits per heavy atom. The molecule has 1 saturated heterocycles. The standard InChI is InChI=1S/C25H23F2N7O2/c26-18-3-1-16(2-4-18)12-29-23-21-13-32-34(24(21)31-15-30-23)10-9-28-25(36)17-11-22(35)33(14-17)20-7-5-19(27)6-8-20/h1-8,13,15,17H,9-12,14H2,(H,28,36)(H,29,30,31). The van der Waals surface area contributed by atoms with E-state index >= 15 is 0 Å².